The molecule has 0 unspecified atom stereocenters. The van der Waals surface area contributed by atoms with Crippen LogP contribution in [0.1, 0.15) is 42.5 Å². The van der Waals surface area contributed by atoms with Crippen LogP contribution < -0.4 is 14.8 Å². The molecule has 0 spiro atoms. The maximum Gasteiger partial charge on any atom is 0.257 e. The largest absolute Gasteiger partial charge is 0.487 e. The summed E-state index contributed by atoms with van der Waals surface area (Å²) in [7, 11) is 0. The third-order valence-corrected chi connectivity index (χ3v) is 4.28. The van der Waals surface area contributed by atoms with Gasteiger partial charge in [0.25, 0.3) is 5.91 Å². The molecular formula is C24H26N2O3. The molecule has 1 heterocycles. The highest BCUT2D eigenvalue weighted by Gasteiger charge is 2.12. The standard InChI is InChI=1S/C24H26N2O3/c1-5-18-13-14-21(17(4)25-18)24(27)26-19-9-8-10-20(15-19)29-23-12-7-6-11-22(23)28-16(2)3/h6-16H,5H2,1-4H3,(H,26,27). The second kappa shape index (κ2) is 9.24. The molecule has 3 aromatic rings. The molecule has 0 atom stereocenters. The first-order chi connectivity index (χ1) is 14.0. The lowest BCUT2D eigenvalue weighted by molar-refractivity contribution is 0.102. The molecule has 5 heteroatoms. The van der Waals surface area contributed by atoms with Crippen molar-refractivity contribution in [3.63, 3.8) is 0 Å². The number of amides is 1. The Kier molecular flexibility index (Phi) is 6.50. The second-order valence-corrected chi connectivity index (χ2v) is 6.99. The van der Waals surface area contributed by atoms with E-state index in [1.165, 1.54) is 0 Å². The van der Waals surface area contributed by atoms with Crippen LogP contribution in [-0.2, 0) is 6.42 Å². The first kappa shape index (κ1) is 20.4. The van der Waals surface area contributed by atoms with E-state index in [0.717, 1.165) is 12.1 Å². The minimum Gasteiger partial charge on any atom is -0.487 e. The van der Waals surface area contributed by atoms with Gasteiger partial charge in [-0.3, -0.25) is 9.78 Å². The van der Waals surface area contributed by atoms with E-state index in [1.54, 1.807) is 6.07 Å². The van der Waals surface area contributed by atoms with Gasteiger partial charge in [-0.1, -0.05) is 25.1 Å². The molecule has 29 heavy (non-hydrogen) atoms. The Morgan fingerprint density at radius 1 is 1.03 bits per heavy atom. The number of nitrogens with one attached hydrogen (secondary N) is 1. The number of aromatic nitrogens is 1. The molecule has 0 aliphatic rings. The molecule has 0 aliphatic carbocycles. The van der Waals surface area contributed by atoms with E-state index in [-0.39, 0.29) is 12.0 Å². The zero-order valence-electron chi connectivity index (χ0n) is 17.2. The molecule has 1 amide bonds. The van der Waals surface area contributed by atoms with E-state index in [0.29, 0.717) is 34.2 Å². The van der Waals surface area contributed by atoms with Crippen LogP contribution in [0.2, 0.25) is 0 Å². The van der Waals surface area contributed by atoms with Gasteiger partial charge in [-0.05, 0) is 63.6 Å². The van der Waals surface area contributed by atoms with Gasteiger partial charge in [-0.2, -0.15) is 0 Å². The van der Waals surface area contributed by atoms with Crippen LogP contribution >= 0.6 is 0 Å². The third-order valence-electron chi connectivity index (χ3n) is 4.28. The van der Waals surface area contributed by atoms with Gasteiger partial charge in [0.05, 0.1) is 17.4 Å². The van der Waals surface area contributed by atoms with Gasteiger partial charge in [0, 0.05) is 17.4 Å². The van der Waals surface area contributed by atoms with Gasteiger partial charge < -0.3 is 14.8 Å². The Bertz CT molecular complexity index is 999. The van der Waals surface area contributed by atoms with Crippen LogP contribution in [0, 0.1) is 6.92 Å². The minimum atomic E-state index is -0.196. The summed E-state index contributed by atoms with van der Waals surface area (Å²) in [4.78, 5) is 17.1. The molecule has 0 saturated carbocycles. The third kappa shape index (κ3) is 5.35. The average molecular weight is 390 g/mol. The van der Waals surface area contributed by atoms with E-state index < -0.39 is 0 Å². The van der Waals surface area contributed by atoms with Gasteiger partial charge in [0.1, 0.15) is 5.75 Å². The number of nitrogens with zero attached hydrogens (tertiary/aromatic N) is 1. The first-order valence-corrected chi connectivity index (χ1v) is 9.77. The topological polar surface area (TPSA) is 60.5 Å². The van der Waals surface area contributed by atoms with Gasteiger partial charge in [0.15, 0.2) is 11.5 Å². The molecule has 150 valence electrons. The highest BCUT2D eigenvalue weighted by Crippen LogP contribution is 2.32. The number of hydrogen-bond acceptors (Lipinski definition) is 4. The van der Waals surface area contributed by atoms with Crippen LogP contribution in [0.15, 0.2) is 60.7 Å². The van der Waals surface area contributed by atoms with E-state index in [2.05, 4.69) is 10.3 Å². The smallest absolute Gasteiger partial charge is 0.257 e. The Labute approximate surface area is 171 Å². The van der Waals surface area contributed by atoms with Crippen molar-refractivity contribution < 1.29 is 14.3 Å². The summed E-state index contributed by atoms with van der Waals surface area (Å²) in [5, 5.41) is 2.92. The lowest BCUT2D eigenvalue weighted by atomic mass is 10.1. The number of hydrogen-bond donors (Lipinski definition) is 1. The molecule has 3 rings (SSSR count). The predicted molar refractivity (Wildman–Crippen MR) is 115 cm³/mol. The molecule has 0 bridgehead atoms. The molecule has 0 saturated heterocycles. The molecule has 1 aromatic heterocycles. The first-order valence-electron chi connectivity index (χ1n) is 9.77. The zero-order valence-corrected chi connectivity index (χ0v) is 17.2. The van der Waals surface area contributed by atoms with Gasteiger partial charge in [0.2, 0.25) is 0 Å². The van der Waals surface area contributed by atoms with Crippen molar-refractivity contribution in [2.45, 2.75) is 40.2 Å². The number of rotatable bonds is 7. The Hall–Kier alpha value is -3.34. The van der Waals surface area contributed by atoms with Crippen molar-refractivity contribution in [3.8, 4) is 17.2 Å². The fourth-order valence-electron chi connectivity index (χ4n) is 2.90. The van der Waals surface area contributed by atoms with E-state index in [1.807, 2.05) is 82.3 Å². The number of carbonyl (C=O) groups excluding carboxylic acids is 1. The van der Waals surface area contributed by atoms with E-state index >= 15 is 0 Å². The molecule has 1 N–H and O–H groups in total. The molecular weight excluding hydrogens is 364 g/mol. The highest BCUT2D eigenvalue weighted by atomic mass is 16.5. The number of ether oxygens (including phenoxy) is 2. The summed E-state index contributed by atoms with van der Waals surface area (Å²) in [6, 6.07) is 18.5. The summed E-state index contributed by atoms with van der Waals surface area (Å²) in [5.41, 5.74) is 2.89. The van der Waals surface area contributed by atoms with Gasteiger partial charge in [-0.15, -0.1) is 0 Å². The number of para-hydroxylation sites is 2. The van der Waals surface area contributed by atoms with Crippen molar-refractivity contribution in [3.05, 3.63) is 77.6 Å². The summed E-state index contributed by atoms with van der Waals surface area (Å²) in [5.74, 6) is 1.71. The summed E-state index contributed by atoms with van der Waals surface area (Å²) >= 11 is 0. The van der Waals surface area contributed by atoms with Crippen molar-refractivity contribution in [2.75, 3.05) is 5.32 Å². The molecule has 0 aliphatic heterocycles. The van der Waals surface area contributed by atoms with E-state index in [9.17, 15) is 4.79 Å². The molecule has 0 fully saturated rings. The number of anilines is 1. The number of benzene rings is 2. The number of carbonyl (C=O) groups is 1. The molecule has 2 aromatic carbocycles. The van der Waals surface area contributed by atoms with Crippen LogP contribution in [-0.4, -0.2) is 17.0 Å². The van der Waals surface area contributed by atoms with Crippen molar-refractivity contribution in [2.24, 2.45) is 0 Å². The monoisotopic (exact) mass is 390 g/mol. The Balaban J connectivity index is 1.76. The van der Waals surface area contributed by atoms with Crippen LogP contribution in [0.4, 0.5) is 5.69 Å². The van der Waals surface area contributed by atoms with Gasteiger partial charge >= 0.3 is 0 Å². The van der Waals surface area contributed by atoms with Crippen LogP contribution in [0.3, 0.4) is 0 Å². The quantitative estimate of drug-likeness (QED) is 0.555. The number of aryl methyl sites for hydroxylation is 2. The Morgan fingerprint density at radius 2 is 1.79 bits per heavy atom. The van der Waals surface area contributed by atoms with Crippen molar-refractivity contribution >= 4 is 11.6 Å². The highest BCUT2D eigenvalue weighted by molar-refractivity contribution is 6.05. The fraction of sp³-hybridized carbons (Fsp3) is 0.250. The molecule has 0 radical (unpaired) electrons. The molecule has 5 nitrogen and oxygen atoms in total. The lowest BCUT2D eigenvalue weighted by Crippen LogP contribution is -2.14. The second-order valence-electron chi connectivity index (χ2n) is 6.99. The predicted octanol–water partition coefficient (Wildman–Crippen LogP) is 5.78. The summed E-state index contributed by atoms with van der Waals surface area (Å²) in [6.07, 6.45) is 0.880. The van der Waals surface area contributed by atoms with Crippen LogP contribution in [0.25, 0.3) is 0 Å². The van der Waals surface area contributed by atoms with Crippen molar-refractivity contribution in [1.29, 1.82) is 0 Å². The normalized spacial score (nSPS) is 10.7. The Morgan fingerprint density at radius 3 is 2.48 bits per heavy atom. The summed E-state index contributed by atoms with van der Waals surface area (Å²) in [6.45, 7) is 7.82. The maximum absolute atomic E-state index is 12.7. The van der Waals surface area contributed by atoms with Gasteiger partial charge in [-0.25, -0.2) is 0 Å². The SMILES string of the molecule is CCc1ccc(C(=O)Nc2cccc(Oc3ccccc3OC(C)C)c2)c(C)n1. The van der Waals surface area contributed by atoms with E-state index in [4.69, 9.17) is 9.47 Å². The fourth-order valence-corrected chi connectivity index (χ4v) is 2.90. The lowest BCUT2D eigenvalue weighted by Gasteiger charge is -2.15. The average Bonchev–Trinajstić information content (AvgIpc) is 2.69. The number of pyridine rings is 1. The zero-order chi connectivity index (χ0) is 20.8. The summed E-state index contributed by atoms with van der Waals surface area (Å²) < 4.78 is 11.8. The van der Waals surface area contributed by atoms with Crippen molar-refractivity contribution in [1.82, 2.24) is 4.98 Å². The van der Waals surface area contributed by atoms with Crippen LogP contribution in [0.5, 0.6) is 17.2 Å². The maximum atomic E-state index is 12.7. The minimum absolute atomic E-state index is 0.0429.